The van der Waals surface area contributed by atoms with E-state index in [9.17, 15) is 4.79 Å². The lowest BCUT2D eigenvalue weighted by molar-refractivity contribution is 0.0654. The fourth-order valence-electron chi connectivity index (χ4n) is 2.68. The van der Waals surface area contributed by atoms with Gasteiger partial charge in [-0.2, -0.15) is 0 Å². The molecule has 1 fully saturated rings. The largest absolute Gasteiger partial charge is 0.361 e. The zero-order chi connectivity index (χ0) is 13.9. The van der Waals surface area contributed by atoms with Gasteiger partial charge in [0.2, 0.25) is 0 Å². The van der Waals surface area contributed by atoms with E-state index in [1.54, 1.807) is 0 Å². The molecule has 4 heteroatoms. The number of amides is 1. The molecular formula is C16H17N3O. The van der Waals surface area contributed by atoms with E-state index in [1.807, 2.05) is 35.4 Å². The van der Waals surface area contributed by atoms with Crippen molar-refractivity contribution in [3.63, 3.8) is 0 Å². The molecule has 0 radical (unpaired) electrons. The number of nitrogens with one attached hydrogen (secondary N) is 1. The Hall–Kier alpha value is -2.25. The number of aromatic nitrogens is 1. The molecule has 102 valence electrons. The Labute approximate surface area is 118 Å². The lowest BCUT2D eigenvalue weighted by Crippen LogP contribution is -2.48. The Balaban J connectivity index is 1.77. The standard InChI is InChI=1S/C16H17N3O/c1-2-8-18-9-11-19(12-10-18)16(20)14-4-3-5-15-13(14)6-7-17-15/h1,3-7,17H,8-12H2. The number of carbonyl (C=O) groups is 1. The first kappa shape index (κ1) is 12.8. The lowest BCUT2D eigenvalue weighted by Gasteiger charge is -2.33. The molecule has 1 amide bonds. The second kappa shape index (κ2) is 5.40. The summed E-state index contributed by atoms with van der Waals surface area (Å²) in [5.41, 5.74) is 1.77. The van der Waals surface area contributed by atoms with Crippen LogP contribution in [0.25, 0.3) is 10.9 Å². The molecule has 1 saturated heterocycles. The number of piperazine rings is 1. The Bertz CT molecular complexity index is 660. The first-order valence-corrected chi connectivity index (χ1v) is 6.81. The van der Waals surface area contributed by atoms with E-state index in [2.05, 4.69) is 15.8 Å². The summed E-state index contributed by atoms with van der Waals surface area (Å²) in [6, 6.07) is 7.75. The Morgan fingerprint density at radius 1 is 1.25 bits per heavy atom. The predicted molar refractivity (Wildman–Crippen MR) is 79.5 cm³/mol. The summed E-state index contributed by atoms with van der Waals surface area (Å²) in [7, 11) is 0. The fraction of sp³-hybridized carbons (Fsp3) is 0.312. The monoisotopic (exact) mass is 267 g/mol. The van der Waals surface area contributed by atoms with E-state index < -0.39 is 0 Å². The summed E-state index contributed by atoms with van der Waals surface area (Å²) >= 11 is 0. The molecule has 20 heavy (non-hydrogen) atoms. The average Bonchev–Trinajstić information content (AvgIpc) is 2.96. The number of fused-ring (bicyclic) bond motifs is 1. The van der Waals surface area contributed by atoms with Gasteiger partial charge in [-0.3, -0.25) is 9.69 Å². The van der Waals surface area contributed by atoms with Crippen molar-refractivity contribution >= 4 is 16.8 Å². The average molecular weight is 267 g/mol. The van der Waals surface area contributed by atoms with Crippen LogP contribution in [0.2, 0.25) is 0 Å². The maximum Gasteiger partial charge on any atom is 0.254 e. The van der Waals surface area contributed by atoms with Crippen molar-refractivity contribution in [2.45, 2.75) is 0 Å². The van der Waals surface area contributed by atoms with Crippen LogP contribution < -0.4 is 0 Å². The summed E-state index contributed by atoms with van der Waals surface area (Å²) in [4.78, 5) is 19.9. The Kier molecular flexibility index (Phi) is 3.44. The second-order valence-electron chi connectivity index (χ2n) is 5.02. The SMILES string of the molecule is C#CCN1CCN(C(=O)c2cccc3[nH]ccc23)CC1. The maximum absolute atomic E-state index is 12.6. The van der Waals surface area contributed by atoms with E-state index >= 15 is 0 Å². The van der Waals surface area contributed by atoms with Crippen LogP contribution in [0.3, 0.4) is 0 Å². The van der Waals surface area contributed by atoms with Crippen LogP contribution in [0.15, 0.2) is 30.5 Å². The molecule has 1 aliphatic heterocycles. The summed E-state index contributed by atoms with van der Waals surface area (Å²) in [6.45, 7) is 3.83. The van der Waals surface area contributed by atoms with E-state index in [-0.39, 0.29) is 5.91 Å². The molecule has 0 atom stereocenters. The van der Waals surface area contributed by atoms with E-state index in [4.69, 9.17) is 6.42 Å². The van der Waals surface area contributed by atoms with E-state index in [1.165, 1.54) is 0 Å². The third kappa shape index (κ3) is 2.28. The topological polar surface area (TPSA) is 39.3 Å². The van der Waals surface area contributed by atoms with Gasteiger partial charge in [0.25, 0.3) is 5.91 Å². The highest BCUT2D eigenvalue weighted by Crippen LogP contribution is 2.19. The van der Waals surface area contributed by atoms with Gasteiger partial charge in [-0.15, -0.1) is 6.42 Å². The molecule has 2 heterocycles. The number of benzene rings is 1. The van der Waals surface area contributed by atoms with Crippen LogP contribution in [0.1, 0.15) is 10.4 Å². The van der Waals surface area contributed by atoms with Gasteiger partial charge in [-0.25, -0.2) is 0 Å². The lowest BCUT2D eigenvalue weighted by atomic mass is 10.1. The molecule has 0 saturated carbocycles. The first-order valence-electron chi connectivity index (χ1n) is 6.81. The van der Waals surface area contributed by atoms with Gasteiger partial charge in [-0.05, 0) is 18.2 Å². The molecule has 1 aliphatic rings. The summed E-state index contributed by atoms with van der Waals surface area (Å²) in [5.74, 6) is 2.76. The van der Waals surface area contributed by atoms with Crippen LogP contribution in [-0.2, 0) is 0 Å². The van der Waals surface area contributed by atoms with Crippen molar-refractivity contribution in [2.24, 2.45) is 0 Å². The van der Waals surface area contributed by atoms with E-state index in [0.717, 1.165) is 42.6 Å². The van der Waals surface area contributed by atoms with Crippen LogP contribution in [0.4, 0.5) is 0 Å². The number of hydrogen-bond donors (Lipinski definition) is 1. The molecular weight excluding hydrogens is 250 g/mol. The van der Waals surface area contributed by atoms with Crippen LogP contribution >= 0.6 is 0 Å². The van der Waals surface area contributed by atoms with Crippen LogP contribution in [-0.4, -0.2) is 53.4 Å². The Morgan fingerprint density at radius 3 is 2.80 bits per heavy atom. The van der Waals surface area contributed by atoms with Crippen molar-refractivity contribution in [3.8, 4) is 12.3 Å². The number of hydrogen-bond acceptors (Lipinski definition) is 2. The van der Waals surface area contributed by atoms with Crippen molar-refractivity contribution in [1.29, 1.82) is 0 Å². The van der Waals surface area contributed by atoms with Crippen LogP contribution in [0, 0.1) is 12.3 Å². The second-order valence-corrected chi connectivity index (χ2v) is 5.02. The summed E-state index contributed by atoms with van der Waals surface area (Å²) in [5, 5.41) is 0.989. The van der Waals surface area contributed by atoms with Crippen molar-refractivity contribution < 1.29 is 4.79 Å². The zero-order valence-corrected chi connectivity index (χ0v) is 11.3. The van der Waals surface area contributed by atoms with Gasteiger partial charge in [0, 0.05) is 48.8 Å². The number of nitrogens with zero attached hydrogens (tertiary/aromatic N) is 2. The minimum Gasteiger partial charge on any atom is -0.361 e. The van der Waals surface area contributed by atoms with Crippen molar-refractivity contribution in [1.82, 2.24) is 14.8 Å². The number of carbonyl (C=O) groups excluding carboxylic acids is 1. The van der Waals surface area contributed by atoms with Gasteiger partial charge in [0.15, 0.2) is 0 Å². The highest BCUT2D eigenvalue weighted by molar-refractivity contribution is 6.06. The molecule has 0 spiro atoms. The molecule has 1 aromatic heterocycles. The molecule has 0 aliphatic carbocycles. The van der Waals surface area contributed by atoms with E-state index in [0.29, 0.717) is 6.54 Å². The van der Waals surface area contributed by atoms with Gasteiger partial charge >= 0.3 is 0 Å². The van der Waals surface area contributed by atoms with Gasteiger partial charge in [0.1, 0.15) is 0 Å². The maximum atomic E-state index is 12.6. The zero-order valence-electron chi connectivity index (χ0n) is 11.3. The molecule has 2 aromatic rings. The Morgan fingerprint density at radius 2 is 2.05 bits per heavy atom. The smallest absolute Gasteiger partial charge is 0.254 e. The quantitative estimate of drug-likeness (QED) is 0.839. The predicted octanol–water partition coefficient (Wildman–Crippen LogP) is 1.56. The van der Waals surface area contributed by atoms with Crippen LogP contribution in [0.5, 0.6) is 0 Å². The number of H-pyrrole nitrogens is 1. The normalized spacial score (nSPS) is 16.2. The van der Waals surface area contributed by atoms with Crippen molar-refractivity contribution in [3.05, 3.63) is 36.0 Å². The molecule has 1 aromatic carbocycles. The van der Waals surface area contributed by atoms with Gasteiger partial charge < -0.3 is 9.88 Å². The minimum atomic E-state index is 0.107. The number of aromatic amines is 1. The molecule has 3 rings (SSSR count). The third-order valence-electron chi connectivity index (χ3n) is 3.80. The molecule has 0 bridgehead atoms. The molecule has 0 unspecified atom stereocenters. The highest BCUT2D eigenvalue weighted by atomic mass is 16.2. The van der Waals surface area contributed by atoms with Gasteiger partial charge in [0.05, 0.1) is 6.54 Å². The summed E-state index contributed by atoms with van der Waals surface area (Å²) < 4.78 is 0. The highest BCUT2D eigenvalue weighted by Gasteiger charge is 2.22. The number of terminal acetylenes is 1. The minimum absolute atomic E-state index is 0.107. The summed E-state index contributed by atoms with van der Waals surface area (Å²) in [6.07, 6.45) is 7.19. The van der Waals surface area contributed by atoms with Gasteiger partial charge in [-0.1, -0.05) is 12.0 Å². The molecule has 1 N–H and O–H groups in total. The molecule has 4 nitrogen and oxygen atoms in total. The van der Waals surface area contributed by atoms with Crippen molar-refractivity contribution in [2.75, 3.05) is 32.7 Å². The third-order valence-corrected chi connectivity index (χ3v) is 3.80. The fourth-order valence-corrected chi connectivity index (χ4v) is 2.68. The number of rotatable bonds is 2. The first-order chi connectivity index (χ1) is 9.79.